The lowest BCUT2D eigenvalue weighted by Crippen LogP contribution is -2.57. The van der Waals surface area contributed by atoms with E-state index in [0.717, 1.165) is 13.1 Å². The third kappa shape index (κ3) is 3.65. The van der Waals surface area contributed by atoms with E-state index in [2.05, 4.69) is 11.5 Å². The molecule has 0 saturated carbocycles. The summed E-state index contributed by atoms with van der Waals surface area (Å²) in [6.07, 6.45) is 2.06. The quantitative estimate of drug-likeness (QED) is 0.431. The highest BCUT2D eigenvalue weighted by atomic mass is 16.5. The summed E-state index contributed by atoms with van der Waals surface area (Å²) in [5.41, 5.74) is -1.14. The van der Waals surface area contributed by atoms with E-state index in [-0.39, 0.29) is 19.1 Å². The number of hydrogen-bond acceptors (Lipinski definition) is 7. The summed E-state index contributed by atoms with van der Waals surface area (Å²) in [4.78, 5) is 44.1. The van der Waals surface area contributed by atoms with E-state index >= 15 is 0 Å². The number of carbonyl (C=O) groups excluding carboxylic acids is 2. The number of nitrogens with zero attached hydrogens (tertiary/aromatic N) is 3. The van der Waals surface area contributed by atoms with Crippen molar-refractivity contribution < 1.29 is 34.1 Å². The first-order chi connectivity index (χ1) is 14.9. The summed E-state index contributed by atoms with van der Waals surface area (Å²) < 4.78 is 11.5. The van der Waals surface area contributed by atoms with Crippen molar-refractivity contribution >= 4 is 17.8 Å². The van der Waals surface area contributed by atoms with Crippen LogP contribution in [0.1, 0.15) is 12.8 Å². The first-order valence-corrected chi connectivity index (χ1v) is 11.0. The van der Waals surface area contributed by atoms with Crippen molar-refractivity contribution in [3.63, 3.8) is 0 Å². The molecule has 10 heteroatoms. The molecule has 2 N–H and O–H groups in total. The normalized spacial score (nSPS) is 34.7. The monoisotopic (exact) mass is 437 g/mol. The van der Waals surface area contributed by atoms with Crippen LogP contribution >= 0.6 is 0 Å². The molecule has 4 heterocycles. The van der Waals surface area contributed by atoms with Crippen molar-refractivity contribution in [1.29, 1.82) is 0 Å². The van der Waals surface area contributed by atoms with Crippen LogP contribution in [0.5, 0.6) is 0 Å². The second-order valence-corrected chi connectivity index (χ2v) is 8.68. The molecule has 2 amide bonds. The van der Waals surface area contributed by atoms with Gasteiger partial charge in [-0.05, 0) is 12.8 Å². The van der Waals surface area contributed by atoms with Gasteiger partial charge < -0.3 is 29.5 Å². The number of morpholine rings is 1. The number of carboxylic acids is 1. The highest BCUT2D eigenvalue weighted by Gasteiger charge is 2.74. The molecule has 172 valence electrons. The minimum Gasteiger partial charge on any atom is -0.481 e. The SMILES string of the molecule is C=CCN(CCN1CCOCC1)C(=O)[C@H]1N(CCO)C(=O)[C@@H]2[C@@H](C(=O)O)[C@H]3CC[C@]21O3. The molecule has 10 nitrogen and oxygen atoms in total. The number of carboxylic acid groups (broad SMARTS) is 1. The first kappa shape index (κ1) is 22.2. The Labute approximate surface area is 181 Å². The Morgan fingerprint density at radius 2 is 2.03 bits per heavy atom. The minimum atomic E-state index is -1.14. The molecule has 0 aromatic rings. The maximum Gasteiger partial charge on any atom is 0.310 e. The van der Waals surface area contributed by atoms with E-state index in [9.17, 15) is 24.6 Å². The molecular weight excluding hydrogens is 406 g/mol. The summed E-state index contributed by atoms with van der Waals surface area (Å²) in [6.45, 7) is 7.77. The molecule has 1 spiro atoms. The number of amides is 2. The average molecular weight is 437 g/mol. The minimum absolute atomic E-state index is 0.0285. The number of β-amino-alcohol motifs (C(OH)–C–C–N with tert-alkyl or cyclic N) is 1. The molecule has 0 aliphatic carbocycles. The van der Waals surface area contributed by atoms with Gasteiger partial charge in [0, 0.05) is 39.3 Å². The van der Waals surface area contributed by atoms with E-state index in [0.29, 0.717) is 45.7 Å². The first-order valence-electron chi connectivity index (χ1n) is 11.0. The van der Waals surface area contributed by atoms with Crippen molar-refractivity contribution in [3.05, 3.63) is 12.7 Å². The Morgan fingerprint density at radius 3 is 2.68 bits per heavy atom. The summed E-state index contributed by atoms with van der Waals surface area (Å²) in [5, 5.41) is 19.3. The smallest absolute Gasteiger partial charge is 0.310 e. The number of aliphatic hydroxyl groups excluding tert-OH is 1. The molecule has 31 heavy (non-hydrogen) atoms. The lowest BCUT2D eigenvalue weighted by molar-refractivity contribution is -0.151. The number of carbonyl (C=O) groups is 3. The third-order valence-corrected chi connectivity index (χ3v) is 7.11. The number of rotatable bonds is 9. The Hall–Kier alpha value is -2.01. The van der Waals surface area contributed by atoms with E-state index in [4.69, 9.17) is 9.47 Å². The Kier molecular flexibility index (Phi) is 6.34. The Balaban J connectivity index is 1.59. The molecule has 0 unspecified atom stereocenters. The molecule has 0 radical (unpaired) electrons. The molecule has 0 aromatic carbocycles. The number of ether oxygens (including phenoxy) is 2. The van der Waals surface area contributed by atoms with Gasteiger partial charge in [0.05, 0.1) is 37.8 Å². The van der Waals surface area contributed by atoms with Crippen molar-refractivity contribution in [2.45, 2.75) is 30.6 Å². The van der Waals surface area contributed by atoms with Gasteiger partial charge in [0.15, 0.2) is 0 Å². The van der Waals surface area contributed by atoms with Crippen molar-refractivity contribution in [1.82, 2.24) is 14.7 Å². The molecule has 4 saturated heterocycles. The zero-order valence-electron chi connectivity index (χ0n) is 17.6. The molecule has 4 aliphatic heterocycles. The molecular formula is C21H31N3O7. The van der Waals surface area contributed by atoms with Gasteiger partial charge in [-0.3, -0.25) is 19.3 Å². The van der Waals surface area contributed by atoms with Gasteiger partial charge in [-0.2, -0.15) is 0 Å². The van der Waals surface area contributed by atoms with Crippen molar-refractivity contribution in [2.24, 2.45) is 11.8 Å². The van der Waals surface area contributed by atoms with Crippen LogP contribution in [0.15, 0.2) is 12.7 Å². The largest absolute Gasteiger partial charge is 0.481 e. The van der Waals surface area contributed by atoms with E-state index < -0.39 is 41.5 Å². The van der Waals surface area contributed by atoms with Gasteiger partial charge in [0.1, 0.15) is 11.6 Å². The number of likely N-dealkylation sites (tertiary alicyclic amines) is 1. The summed E-state index contributed by atoms with van der Waals surface area (Å²) in [5.74, 6) is -3.61. The van der Waals surface area contributed by atoms with E-state index in [1.807, 2.05) is 0 Å². The second-order valence-electron chi connectivity index (χ2n) is 8.68. The van der Waals surface area contributed by atoms with Crippen LogP contribution in [0.4, 0.5) is 0 Å². The summed E-state index contributed by atoms with van der Waals surface area (Å²) >= 11 is 0. The number of hydrogen-bond donors (Lipinski definition) is 2. The van der Waals surface area contributed by atoms with Gasteiger partial charge in [-0.25, -0.2) is 0 Å². The second kappa shape index (κ2) is 8.85. The molecule has 0 aromatic heterocycles. The fraction of sp³-hybridized carbons (Fsp3) is 0.762. The predicted octanol–water partition coefficient (Wildman–Crippen LogP) is -1.22. The topological polar surface area (TPSA) is 120 Å². The number of aliphatic hydroxyl groups is 1. The average Bonchev–Trinajstić information content (AvgIpc) is 3.39. The Morgan fingerprint density at radius 1 is 1.29 bits per heavy atom. The van der Waals surface area contributed by atoms with Gasteiger partial charge in [0.25, 0.3) is 0 Å². The number of aliphatic carboxylic acids is 1. The zero-order valence-corrected chi connectivity index (χ0v) is 17.6. The predicted molar refractivity (Wildman–Crippen MR) is 108 cm³/mol. The maximum atomic E-state index is 13.8. The van der Waals surface area contributed by atoms with Crippen LogP contribution in [0.25, 0.3) is 0 Å². The van der Waals surface area contributed by atoms with Crippen LogP contribution in [-0.2, 0) is 23.9 Å². The van der Waals surface area contributed by atoms with E-state index in [1.54, 1.807) is 11.0 Å². The molecule has 5 atom stereocenters. The third-order valence-electron chi connectivity index (χ3n) is 7.11. The zero-order chi connectivity index (χ0) is 22.2. The molecule has 4 aliphatic rings. The van der Waals surface area contributed by atoms with Gasteiger partial charge in [0.2, 0.25) is 11.8 Å². The van der Waals surface area contributed by atoms with Crippen LogP contribution in [0.2, 0.25) is 0 Å². The Bertz CT molecular complexity index is 740. The van der Waals surface area contributed by atoms with Crippen LogP contribution < -0.4 is 0 Å². The highest BCUT2D eigenvalue weighted by molar-refractivity contribution is 5.98. The lowest BCUT2D eigenvalue weighted by Gasteiger charge is -2.37. The van der Waals surface area contributed by atoms with Crippen molar-refractivity contribution in [3.8, 4) is 0 Å². The van der Waals surface area contributed by atoms with Crippen LogP contribution in [0.3, 0.4) is 0 Å². The van der Waals surface area contributed by atoms with E-state index in [1.165, 1.54) is 4.90 Å². The number of fused-ring (bicyclic) bond motifs is 1. The standard InChI is InChI=1S/C21H31N3O7/c1-2-5-23(7-6-22-9-12-30-13-10-22)19(27)17-21-4-3-14(31-21)15(20(28)29)16(21)18(26)24(17)8-11-25/h2,14-17,25H,1,3-13H2,(H,28,29)/t14-,15+,16+,17-,21+/m1/s1. The lowest BCUT2D eigenvalue weighted by atomic mass is 9.70. The highest BCUT2D eigenvalue weighted by Crippen LogP contribution is 2.58. The van der Waals surface area contributed by atoms with Gasteiger partial charge in [-0.15, -0.1) is 6.58 Å². The maximum absolute atomic E-state index is 13.8. The van der Waals surface area contributed by atoms with Gasteiger partial charge in [-0.1, -0.05) is 6.08 Å². The summed E-state index contributed by atoms with van der Waals surface area (Å²) in [7, 11) is 0. The fourth-order valence-corrected chi connectivity index (χ4v) is 5.77. The molecule has 2 bridgehead atoms. The van der Waals surface area contributed by atoms with Crippen LogP contribution in [0, 0.1) is 11.8 Å². The molecule has 4 fully saturated rings. The summed E-state index contributed by atoms with van der Waals surface area (Å²) in [6, 6.07) is -0.934. The van der Waals surface area contributed by atoms with Gasteiger partial charge >= 0.3 is 5.97 Å². The van der Waals surface area contributed by atoms with Crippen LogP contribution in [-0.4, -0.2) is 120 Å². The fourth-order valence-electron chi connectivity index (χ4n) is 5.77. The van der Waals surface area contributed by atoms with Crippen molar-refractivity contribution in [2.75, 3.05) is 59.1 Å². The molecule has 4 rings (SSSR count).